The number of piperidine rings is 1. The summed E-state index contributed by atoms with van der Waals surface area (Å²) >= 11 is 3.42. The van der Waals surface area contributed by atoms with Gasteiger partial charge in [-0.25, -0.2) is 4.79 Å². The van der Waals surface area contributed by atoms with Gasteiger partial charge in [0.1, 0.15) is 0 Å². The van der Waals surface area contributed by atoms with Crippen molar-refractivity contribution in [2.75, 3.05) is 19.6 Å². The fraction of sp³-hybridized carbons (Fsp3) is 0.385. The van der Waals surface area contributed by atoms with Crippen LogP contribution < -0.4 is 5.69 Å². The van der Waals surface area contributed by atoms with Crippen LogP contribution in [0.2, 0.25) is 0 Å². The number of Topliss-reactive ketones (excluding diaryl/α,β-unsaturated/α-hetero) is 1. The summed E-state index contributed by atoms with van der Waals surface area (Å²) in [6.45, 7) is 9.52. The Kier molecular flexibility index (Phi) is 7.11. The molecule has 2 heterocycles. The van der Waals surface area contributed by atoms with Gasteiger partial charge >= 0.3 is 5.69 Å². The van der Waals surface area contributed by atoms with Gasteiger partial charge in [0, 0.05) is 28.7 Å². The molecular weight excluding hydrogens is 466 g/mol. The Morgan fingerprint density at radius 3 is 2.34 bits per heavy atom. The zero-order valence-corrected chi connectivity index (χ0v) is 20.2. The molecule has 1 aliphatic rings. The number of fused-ring (bicyclic) bond motifs is 1. The minimum Gasteiger partial charge on any atom is -0.303 e. The monoisotopic (exact) mass is 495 g/mol. The predicted octanol–water partition coefficient (Wildman–Crippen LogP) is 5.43. The molecule has 0 atom stereocenters. The minimum absolute atomic E-state index is 0.0103. The van der Waals surface area contributed by atoms with Crippen LogP contribution in [0.3, 0.4) is 0 Å². The average molecular weight is 496 g/mol. The maximum absolute atomic E-state index is 12.9. The summed E-state index contributed by atoms with van der Waals surface area (Å²) in [5, 5.41) is 0. The first-order valence-corrected chi connectivity index (χ1v) is 12.1. The first kappa shape index (κ1) is 22.7. The highest BCUT2D eigenvalue weighted by atomic mass is 79.9. The molecule has 168 valence electrons. The highest BCUT2D eigenvalue weighted by Crippen LogP contribution is 2.23. The molecule has 2 aromatic carbocycles. The summed E-state index contributed by atoms with van der Waals surface area (Å²) in [4.78, 5) is 27.9. The number of hydrogen-bond donors (Lipinski definition) is 0. The molecule has 1 fully saturated rings. The highest BCUT2D eigenvalue weighted by molar-refractivity contribution is 9.10. The van der Waals surface area contributed by atoms with Crippen molar-refractivity contribution >= 4 is 38.4 Å². The summed E-state index contributed by atoms with van der Waals surface area (Å²) < 4.78 is 4.56. The fourth-order valence-electron chi connectivity index (χ4n) is 4.68. The van der Waals surface area contributed by atoms with Gasteiger partial charge in [-0.15, -0.1) is 0 Å². The van der Waals surface area contributed by atoms with Gasteiger partial charge in [-0.05, 0) is 76.0 Å². The lowest BCUT2D eigenvalue weighted by molar-refractivity contribution is 0.0927. The lowest BCUT2D eigenvalue weighted by atomic mass is 9.90. The van der Waals surface area contributed by atoms with Crippen LogP contribution in [-0.2, 0) is 6.54 Å². The molecule has 0 N–H and O–H groups in total. The van der Waals surface area contributed by atoms with Crippen LogP contribution in [0.25, 0.3) is 16.7 Å². The largest absolute Gasteiger partial charge is 0.333 e. The molecule has 0 bridgehead atoms. The van der Waals surface area contributed by atoms with Crippen LogP contribution in [0.5, 0.6) is 0 Å². The van der Waals surface area contributed by atoms with E-state index in [0.29, 0.717) is 18.9 Å². The molecule has 0 spiro atoms. The number of halogens is 1. The summed E-state index contributed by atoms with van der Waals surface area (Å²) in [7, 11) is 0. The second-order valence-corrected chi connectivity index (χ2v) is 9.68. The maximum atomic E-state index is 12.9. The van der Waals surface area contributed by atoms with Crippen molar-refractivity contribution in [2.45, 2.75) is 39.2 Å². The van der Waals surface area contributed by atoms with Gasteiger partial charge in [0.25, 0.3) is 0 Å². The van der Waals surface area contributed by atoms with E-state index < -0.39 is 0 Å². The van der Waals surface area contributed by atoms with Crippen LogP contribution in [-0.4, -0.2) is 39.5 Å². The zero-order valence-electron chi connectivity index (χ0n) is 18.6. The van der Waals surface area contributed by atoms with Gasteiger partial charge in [0.2, 0.25) is 0 Å². The molecule has 1 saturated heterocycles. The molecule has 3 aromatic rings. The lowest BCUT2D eigenvalue weighted by Crippen LogP contribution is -2.35. The second kappa shape index (κ2) is 10.0. The van der Waals surface area contributed by atoms with E-state index in [1.807, 2.05) is 60.0 Å². The lowest BCUT2D eigenvalue weighted by Gasteiger charge is -2.31. The Balaban J connectivity index is 1.28. The summed E-state index contributed by atoms with van der Waals surface area (Å²) in [5.74, 6) is 0.697. The van der Waals surface area contributed by atoms with Crippen LogP contribution in [0.4, 0.5) is 0 Å². The molecule has 0 aliphatic carbocycles. The third-order valence-electron chi connectivity index (χ3n) is 6.42. The van der Waals surface area contributed by atoms with Gasteiger partial charge < -0.3 is 4.90 Å². The molecule has 32 heavy (non-hydrogen) atoms. The Morgan fingerprint density at radius 1 is 1.03 bits per heavy atom. The van der Waals surface area contributed by atoms with Crippen molar-refractivity contribution < 1.29 is 4.79 Å². The normalized spacial score (nSPS) is 15.3. The van der Waals surface area contributed by atoms with E-state index in [9.17, 15) is 9.59 Å². The Labute approximate surface area is 197 Å². The standard InChI is InChI=1S/C26H30BrN3O2/c1-19(2)30-24-7-4-3-6-23(24)29(26(30)32)15-5-14-28-16-12-20(13-17-28)18-25(31)21-8-10-22(27)11-9-21/h3-4,6-11,20H,1,5,12-18H2,2H3. The van der Waals surface area contributed by atoms with Crippen LogP contribution in [0.15, 0.2) is 64.4 Å². The Hall–Kier alpha value is -2.44. The third kappa shape index (κ3) is 4.97. The number of rotatable bonds is 8. The number of hydrogen-bond acceptors (Lipinski definition) is 3. The number of carbonyl (C=O) groups excluding carboxylic acids is 1. The van der Waals surface area contributed by atoms with Crippen molar-refractivity contribution in [1.82, 2.24) is 14.0 Å². The number of likely N-dealkylation sites (tertiary alicyclic amines) is 1. The van der Waals surface area contributed by atoms with E-state index in [0.717, 1.165) is 65.7 Å². The average Bonchev–Trinajstić information content (AvgIpc) is 3.07. The number of ketones is 1. The first-order chi connectivity index (χ1) is 15.4. The number of aromatic nitrogens is 2. The number of imidazole rings is 1. The van der Waals surface area contributed by atoms with Gasteiger partial charge in [-0.2, -0.15) is 0 Å². The number of aryl methyl sites for hydroxylation is 1. The maximum Gasteiger partial charge on any atom is 0.333 e. The van der Waals surface area contributed by atoms with Crippen molar-refractivity contribution in [2.24, 2.45) is 5.92 Å². The number of allylic oxidation sites excluding steroid dienone is 1. The van der Waals surface area contributed by atoms with Gasteiger partial charge in [0.15, 0.2) is 5.78 Å². The van der Waals surface area contributed by atoms with Crippen molar-refractivity contribution in [3.05, 3.63) is 75.6 Å². The van der Waals surface area contributed by atoms with Crippen LogP contribution >= 0.6 is 15.9 Å². The van der Waals surface area contributed by atoms with Gasteiger partial charge in [-0.1, -0.05) is 46.8 Å². The summed E-state index contributed by atoms with van der Waals surface area (Å²) in [5.41, 5.74) is 3.41. The van der Waals surface area contributed by atoms with Crippen LogP contribution in [0, 0.1) is 5.92 Å². The van der Waals surface area contributed by atoms with E-state index in [2.05, 4.69) is 27.4 Å². The van der Waals surface area contributed by atoms with Crippen molar-refractivity contribution in [3.8, 4) is 0 Å². The molecule has 0 radical (unpaired) electrons. The van der Waals surface area contributed by atoms with Gasteiger partial charge in [-0.3, -0.25) is 13.9 Å². The van der Waals surface area contributed by atoms with E-state index in [1.54, 1.807) is 4.57 Å². The molecule has 0 saturated carbocycles. The number of carbonyl (C=O) groups is 1. The Bertz CT molecular complexity index is 1170. The number of benzene rings is 2. The Morgan fingerprint density at radius 2 is 1.69 bits per heavy atom. The van der Waals surface area contributed by atoms with Gasteiger partial charge in [0.05, 0.1) is 11.0 Å². The quantitative estimate of drug-likeness (QED) is 0.391. The molecule has 0 unspecified atom stereocenters. The molecule has 5 nitrogen and oxygen atoms in total. The number of para-hydroxylation sites is 2. The number of nitrogens with zero attached hydrogens (tertiary/aromatic N) is 3. The van der Waals surface area contributed by atoms with E-state index in [1.165, 1.54) is 0 Å². The van der Waals surface area contributed by atoms with E-state index >= 15 is 0 Å². The fourth-order valence-corrected chi connectivity index (χ4v) is 4.94. The first-order valence-electron chi connectivity index (χ1n) is 11.3. The SMILES string of the molecule is C=C(C)n1c(=O)n(CCCN2CCC(CC(=O)c3ccc(Br)cc3)CC2)c2ccccc21. The predicted molar refractivity (Wildman–Crippen MR) is 134 cm³/mol. The van der Waals surface area contributed by atoms with E-state index in [-0.39, 0.29) is 11.5 Å². The highest BCUT2D eigenvalue weighted by Gasteiger charge is 2.22. The molecule has 0 amide bonds. The molecular formula is C26H30BrN3O2. The smallest absolute Gasteiger partial charge is 0.303 e. The minimum atomic E-state index is -0.0103. The van der Waals surface area contributed by atoms with E-state index in [4.69, 9.17) is 0 Å². The molecule has 4 rings (SSSR count). The molecule has 1 aliphatic heterocycles. The molecule has 1 aromatic heterocycles. The summed E-state index contributed by atoms with van der Waals surface area (Å²) in [6, 6.07) is 15.6. The molecule has 6 heteroatoms. The zero-order chi connectivity index (χ0) is 22.7. The van der Waals surface area contributed by atoms with Crippen molar-refractivity contribution in [3.63, 3.8) is 0 Å². The van der Waals surface area contributed by atoms with Crippen molar-refractivity contribution in [1.29, 1.82) is 0 Å². The third-order valence-corrected chi connectivity index (χ3v) is 6.95. The topological polar surface area (TPSA) is 47.2 Å². The van der Waals surface area contributed by atoms with Crippen LogP contribution in [0.1, 0.15) is 43.0 Å². The summed E-state index contributed by atoms with van der Waals surface area (Å²) in [6.07, 6.45) is 3.66. The second-order valence-electron chi connectivity index (χ2n) is 8.77.